The number of likely N-dealkylation sites (tertiary alicyclic amines) is 1. The summed E-state index contributed by atoms with van der Waals surface area (Å²) in [4.78, 5) is 20.8. The monoisotopic (exact) mass is 351 g/mol. The van der Waals surface area contributed by atoms with E-state index in [0.29, 0.717) is 19.5 Å². The van der Waals surface area contributed by atoms with Gasteiger partial charge in [0.15, 0.2) is 0 Å². The van der Waals surface area contributed by atoms with E-state index in [-0.39, 0.29) is 17.4 Å². The molecule has 8 heteroatoms. The maximum atomic E-state index is 12.9. The van der Waals surface area contributed by atoms with Crippen molar-refractivity contribution in [2.75, 3.05) is 6.54 Å². The molecule has 1 unspecified atom stereocenters. The first-order valence-electron chi connectivity index (χ1n) is 7.81. The highest BCUT2D eigenvalue weighted by Gasteiger charge is 2.35. The fourth-order valence-electron chi connectivity index (χ4n) is 3.04. The van der Waals surface area contributed by atoms with Crippen molar-refractivity contribution in [3.63, 3.8) is 0 Å². The molecule has 0 amide bonds. The number of aromatic carboxylic acids is 1. The van der Waals surface area contributed by atoms with Gasteiger partial charge in [-0.15, -0.1) is 0 Å². The molecular formula is C17H16F3N3O2. The predicted molar refractivity (Wildman–Crippen MR) is 82.8 cm³/mol. The van der Waals surface area contributed by atoms with Crippen molar-refractivity contribution < 1.29 is 23.1 Å². The molecule has 1 atom stereocenters. The minimum atomic E-state index is -4.50. The molecule has 2 aromatic rings. The molecule has 2 heterocycles. The van der Waals surface area contributed by atoms with Crippen LogP contribution in [0.5, 0.6) is 0 Å². The molecule has 0 radical (unpaired) electrons. The average molecular weight is 351 g/mol. The van der Waals surface area contributed by atoms with Crippen molar-refractivity contribution in [2.45, 2.75) is 31.6 Å². The van der Waals surface area contributed by atoms with E-state index in [1.54, 1.807) is 18.2 Å². The standard InChI is InChI=1S/C17H16F3N3O2/c18-17(19,20)14-6-7-21-15(22-14)13-5-2-8-23(13)10-11-3-1-4-12(9-11)16(24)25/h1,3-4,6-7,9,13H,2,5,8,10H2,(H,24,25). The fraction of sp³-hybridized carbons (Fsp3) is 0.353. The normalized spacial score (nSPS) is 18.4. The Bertz CT molecular complexity index is 780. The summed E-state index contributed by atoms with van der Waals surface area (Å²) in [5.74, 6) is -0.859. The molecule has 1 saturated heterocycles. The maximum absolute atomic E-state index is 12.9. The van der Waals surface area contributed by atoms with E-state index in [9.17, 15) is 18.0 Å². The second-order valence-corrected chi connectivity index (χ2v) is 5.93. The number of carboxylic acids is 1. The van der Waals surface area contributed by atoms with E-state index < -0.39 is 17.8 Å². The van der Waals surface area contributed by atoms with Gasteiger partial charge in [-0.2, -0.15) is 13.2 Å². The highest BCUT2D eigenvalue weighted by molar-refractivity contribution is 5.87. The van der Waals surface area contributed by atoms with Gasteiger partial charge in [-0.05, 0) is 43.1 Å². The fourth-order valence-corrected chi connectivity index (χ4v) is 3.04. The lowest BCUT2D eigenvalue weighted by molar-refractivity contribution is -0.141. The van der Waals surface area contributed by atoms with Crippen LogP contribution in [0, 0.1) is 0 Å². The van der Waals surface area contributed by atoms with Crippen LogP contribution in [0.25, 0.3) is 0 Å². The third-order valence-electron chi connectivity index (χ3n) is 4.19. The van der Waals surface area contributed by atoms with Crippen LogP contribution in [0.1, 0.15) is 46.3 Å². The third-order valence-corrected chi connectivity index (χ3v) is 4.19. The van der Waals surface area contributed by atoms with Gasteiger partial charge in [0.1, 0.15) is 11.5 Å². The number of rotatable bonds is 4. The molecule has 0 aliphatic carbocycles. The number of benzene rings is 1. The first kappa shape index (κ1) is 17.3. The first-order valence-corrected chi connectivity index (χ1v) is 7.81. The van der Waals surface area contributed by atoms with Crippen molar-refractivity contribution >= 4 is 5.97 Å². The zero-order chi connectivity index (χ0) is 18.0. The zero-order valence-electron chi connectivity index (χ0n) is 13.2. The molecule has 0 saturated carbocycles. The van der Waals surface area contributed by atoms with Gasteiger partial charge in [-0.1, -0.05) is 12.1 Å². The van der Waals surface area contributed by atoms with E-state index in [1.807, 2.05) is 4.90 Å². The Morgan fingerprint density at radius 1 is 1.32 bits per heavy atom. The van der Waals surface area contributed by atoms with Gasteiger partial charge in [0.25, 0.3) is 0 Å². The third kappa shape index (κ3) is 3.96. The summed E-state index contributed by atoms with van der Waals surface area (Å²) in [6.07, 6.45) is -1.88. The Morgan fingerprint density at radius 2 is 2.12 bits per heavy atom. The lowest BCUT2D eigenvalue weighted by atomic mass is 10.1. The summed E-state index contributed by atoms with van der Waals surface area (Å²) in [6, 6.07) is 7.09. The second-order valence-electron chi connectivity index (χ2n) is 5.93. The summed E-state index contributed by atoms with van der Waals surface area (Å²) >= 11 is 0. The largest absolute Gasteiger partial charge is 0.478 e. The smallest absolute Gasteiger partial charge is 0.433 e. The lowest BCUT2D eigenvalue weighted by Gasteiger charge is -2.24. The highest BCUT2D eigenvalue weighted by atomic mass is 19.4. The predicted octanol–water partition coefficient (Wildman–Crippen LogP) is 3.53. The van der Waals surface area contributed by atoms with Crippen LogP contribution in [-0.2, 0) is 12.7 Å². The van der Waals surface area contributed by atoms with Crippen LogP contribution >= 0.6 is 0 Å². The van der Waals surface area contributed by atoms with Crippen molar-refractivity contribution in [3.05, 3.63) is 59.2 Å². The number of hydrogen-bond donors (Lipinski definition) is 1. The number of halogens is 3. The Morgan fingerprint density at radius 3 is 2.84 bits per heavy atom. The maximum Gasteiger partial charge on any atom is 0.433 e. The molecule has 132 valence electrons. The SMILES string of the molecule is O=C(O)c1cccc(CN2CCCC2c2nccc(C(F)(F)F)n2)c1. The van der Waals surface area contributed by atoms with Gasteiger partial charge < -0.3 is 5.11 Å². The molecule has 3 rings (SSSR count). The van der Waals surface area contributed by atoms with E-state index in [0.717, 1.165) is 24.2 Å². The number of aromatic nitrogens is 2. The van der Waals surface area contributed by atoms with Gasteiger partial charge in [-0.3, -0.25) is 4.90 Å². The van der Waals surface area contributed by atoms with Crippen LogP contribution in [-0.4, -0.2) is 32.5 Å². The van der Waals surface area contributed by atoms with Crippen molar-refractivity contribution in [1.29, 1.82) is 0 Å². The van der Waals surface area contributed by atoms with Crippen molar-refractivity contribution in [2.24, 2.45) is 0 Å². The van der Waals surface area contributed by atoms with Crippen molar-refractivity contribution in [1.82, 2.24) is 14.9 Å². The number of alkyl halides is 3. The molecule has 1 N–H and O–H groups in total. The number of carboxylic acid groups (broad SMARTS) is 1. The van der Waals surface area contributed by atoms with Crippen LogP contribution in [0.15, 0.2) is 36.5 Å². The molecular weight excluding hydrogens is 335 g/mol. The summed E-state index contributed by atoms with van der Waals surface area (Å²) in [6.45, 7) is 1.13. The second kappa shape index (κ2) is 6.79. The van der Waals surface area contributed by atoms with Gasteiger partial charge in [0.2, 0.25) is 0 Å². The minimum Gasteiger partial charge on any atom is -0.478 e. The zero-order valence-corrected chi connectivity index (χ0v) is 13.2. The molecule has 25 heavy (non-hydrogen) atoms. The van der Waals surface area contributed by atoms with Crippen LogP contribution in [0.4, 0.5) is 13.2 Å². The van der Waals surface area contributed by atoms with Crippen molar-refractivity contribution in [3.8, 4) is 0 Å². The Kier molecular flexibility index (Phi) is 4.71. The summed E-state index contributed by atoms with van der Waals surface area (Å²) in [5, 5.41) is 9.07. The van der Waals surface area contributed by atoms with Gasteiger partial charge in [-0.25, -0.2) is 14.8 Å². The molecule has 0 bridgehead atoms. The first-order chi connectivity index (χ1) is 11.8. The molecule has 1 fully saturated rings. The Labute approximate surface area is 142 Å². The number of carbonyl (C=O) groups is 1. The van der Waals surface area contributed by atoms with Gasteiger partial charge >= 0.3 is 12.1 Å². The molecule has 1 aromatic heterocycles. The van der Waals surface area contributed by atoms with E-state index in [2.05, 4.69) is 9.97 Å². The van der Waals surface area contributed by atoms with Gasteiger partial charge in [0, 0.05) is 12.7 Å². The van der Waals surface area contributed by atoms with Crippen LogP contribution in [0.3, 0.4) is 0 Å². The van der Waals surface area contributed by atoms with E-state index in [4.69, 9.17) is 5.11 Å². The lowest BCUT2D eigenvalue weighted by Crippen LogP contribution is -2.25. The van der Waals surface area contributed by atoms with Crippen LogP contribution < -0.4 is 0 Å². The molecule has 1 aromatic carbocycles. The molecule has 1 aliphatic rings. The Hall–Kier alpha value is -2.48. The summed E-state index contributed by atoms with van der Waals surface area (Å²) < 4.78 is 38.6. The number of nitrogens with zero attached hydrogens (tertiary/aromatic N) is 3. The van der Waals surface area contributed by atoms with E-state index in [1.165, 1.54) is 6.07 Å². The molecule has 0 spiro atoms. The molecule has 1 aliphatic heterocycles. The van der Waals surface area contributed by atoms with Crippen LogP contribution in [0.2, 0.25) is 0 Å². The minimum absolute atomic E-state index is 0.154. The number of hydrogen-bond acceptors (Lipinski definition) is 4. The Balaban J connectivity index is 1.81. The van der Waals surface area contributed by atoms with E-state index >= 15 is 0 Å². The summed E-state index contributed by atoms with van der Waals surface area (Å²) in [7, 11) is 0. The molecule has 5 nitrogen and oxygen atoms in total. The average Bonchev–Trinajstić information content (AvgIpc) is 3.02. The summed E-state index contributed by atoms with van der Waals surface area (Å²) in [5.41, 5.74) is 0.0274. The highest BCUT2D eigenvalue weighted by Crippen LogP contribution is 2.33. The van der Waals surface area contributed by atoms with Gasteiger partial charge in [0.05, 0.1) is 11.6 Å². The topological polar surface area (TPSA) is 66.3 Å². The quantitative estimate of drug-likeness (QED) is 0.913.